The zero-order chi connectivity index (χ0) is 15.2. The summed E-state index contributed by atoms with van der Waals surface area (Å²) >= 11 is 5.11. The first-order valence-corrected chi connectivity index (χ1v) is 7.16. The average Bonchev–Trinajstić information content (AvgIpc) is 2.56. The minimum atomic E-state index is 0.340. The largest absolute Gasteiger partial charge is 0.384 e. The van der Waals surface area contributed by atoms with Crippen LogP contribution in [0, 0.1) is 11.3 Å². The normalized spacial score (nSPS) is 16.0. The molecule has 110 valence electrons. The van der Waals surface area contributed by atoms with E-state index in [1.165, 1.54) is 0 Å². The number of nitrogens with zero attached hydrogens (tertiary/aromatic N) is 3. The van der Waals surface area contributed by atoms with E-state index in [9.17, 15) is 5.26 Å². The second-order valence-corrected chi connectivity index (χ2v) is 5.08. The van der Waals surface area contributed by atoms with Gasteiger partial charge in [-0.05, 0) is 6.07 Å². The first kappa shape index (κ1) is 15.1. The lowest BCUT2D eigenvalue weighted by Crippen LogP contribution is -2.49. The van der Waals surface area contributed by atoms with Crippen LogP contribution < -0.4 is 20.9 Å². The Bertz CT molecular complexity index is 569. The van der Waals surface area contributed by atoms with Gasteiger partial charge in [-0.2, -0.15) is 5.26 Å². The molecule has 6 nitrogen and oxygen atoms in total. The molecule has 0 unspecified atom stereocenters. The quantitative estimate of drug-likeness (QED) is 0.460. The predicted molar refractivity (Wildman–Crippen MR) is 85.3 cm³/mol. The average molecular weight is 303 g/mol. The van der Waals surface area contributed by atoms with Gasteiger partial charge in [-0.15, -0.1) is 0 Å². The second-order valence-electron chi connectivity index (χ2n) is 4.67. The van der Waals surface area contributed by atoms with Crippen molar-refractivity contribution in [1.29, 1.82) is 5.26 Å². The maximum atomic E-state index is 9.20. The van der Waals surface area contributed by atoms with Gasteiger partial charge in [0, 0.05) is 13.1 Å². The zero-order valence-corrected chi connectivity index (χ0v) is 12.8. The van der Waals surface area contributed by atoms with Crippen molar-refractivity contribution in [3.63, 3.8) is 0 Å². The Hall–Kier alpha value is -2.33. The van der Waals surface area contributed by atoms with Crippen LogP contribution in [-0.4, -0.2) is 43.1 Å². The maximum Gasteiger partial charge on any atom is 0.274 e. The molecule has 1 aliphatic heterocycles. The summed E-state index contributed by atoms with van der Waals surface area (Å²) in [6.45, 7) is 3.19. The smallest absolute Gasteiger partial charge is 0.274 e. The van der Waals surface area contributed by atoms with Crippen LogP contribution in [0.3, 0.4) is 0 Å². The Morgan fingerprint density at radius 3 is 2.62 bits per heavy atom. The number of nitrogens with two attached hydrogens (primary N) is 1. The molecule has 0 aromatic carbocycles. The van der Waals surface area contributed by atoms with Crippen molar-refractivity contribution in [1.82, 2.24) is 10.2 Å². The molecule has 0 aliphatic carbocycles. The number of thiocarbonyl (C=S) groups is 1. The summed E-state index contributed by atoms with van der Waals surface area (Å²) in [4.78, 5) is 7.87. The van der Waals surface area contributed by atoms with E-state index in [4.69, 9.17) is 18.0 Å². The number of piperazine rings is 1. The standard InChI is InChI=1S/C14H18N6S/c1-17-14(21)11(10-15)13(16)20-8-6-19(7-9-20)12-4-2-3-5-18-12/h2-5H,6-9,16H2,1H3,(H,17,21)/p+1. The number of likely N-dealkylation sites (N-methyl/N-ethyl adjacent to an activating group) is 1. The van der Waals surface area contributed by atoms with E-state index < -0.39 is 0 Å². The van der Waals surface area contributed by atoms with Gasteiger partial charge in [0.1, 0.15) is 35.5 Å². The van der Waals surface area contributed by atoms with Crippen LogP contribution >= 0.6 is 12.2 Å². The molecule has 1 saturated heterocycles. The Kier molecular flexibility index (Phi) is 4.95. The minimum Gasteiger partial charge on any atom is -0.384 e. The Labute approximate surface area is 129 Å². The van der Waals surface area contributed by atoms with E-state index in [2.05, 4.69) is 21.3 Å². The predicted octanol–water partition coefficient (Wildman–Crippen LogP) is -0.137. The third-order valence-electron chi connectivity index (χ3n) is 3.48. The Morgan fingerprint density at radius 1 is 1.38 bits per heavy atom. The number of H-pyrrole nitrogens is 1. The Morgan fingerprint density at radius 2 is 2.10 bits per heavy atom. The molecule has 0 bridgehead atoms. The lowest BCUT2D eigenvalue weighted by atomic mass is 10.2. The van der Waals surface area contributed by atoms with Crippen LogP contribution in [0.15, 0.2) is 35.8 Å². The third-order valence-corrected chi connectivity index (χ3v) is 3.88. The van der Waals surface area contributed by atoms with E-state index in [1.807, 2.05) is 29.3 Å². The molecule has 4 N–H and O–H groups in total. The lowest BCUT2D eigenvalue weighted by Gasteiger charge is -2.32. The van der Waals surface area contributed by atoms with Gasteiger partial charge in [0.2, 0.25) is 0 Å². The first-order valence-electron chi connectivity index (χ1n) is 6.76. The van der Waals surface area contributed by atoms with Gasteiger partial charge in [0.05, 0.1) is 19.3 Å². The second kappa shape index (κ2) is 6.90. The number of nitriles is 1. The number of pyridine rings is 1. The topological polar surface area (TPSA) is 82.5 Å². The molecule has 1 aromatic rings. The van der Waals surface area contributed by atoms with Crippen LogP contribution in [-0.2, 0) is 0 Å². The van der Waals surface area contributed by atoms with E-state index in [0.29, 0.717) is 16.4 Å². The van der Waals surface area contributed by atoms with E-state index in [-0.39, 0.29) is 0 Å². The summed E-state index contributed by atoms with van der Waals surface area (Å²) in [6, 6.07) is 8.09. The summed E-state index contributed by atoms with van der Waals surface area (Å²) in [6.07, 6.45) is 1.91. The van der Waals surface area contributed by atoms with Crippen molar-refractivity contribution < 1.29 is 4.98 Å². The molecule has 1 fully saturated rings. The monoisotopic (exact) mass is 303 g/mol. The van der Waals surface area contributed by atoms with Crippen molar-refractivity contribution in [2.75, 3.05) is 38.1 Å². The zero-order valence-electron chi connectivity index (χ0n) is 12.0. The van der Waals surface area contributed by atoms with Gasteiger partial charge >= 0.3 is 0 Å². The molecule has 0 spiro atoms. The summed E-state index contributed by atoms with van der Waals surface area (Å²) < 4.78 is 0. The number of aromatic nitrogens is 1. The van der Waals surface area contributed by atoms with Gasteiger partial charge < -0.3 is 16.0 Å². The molecule has 2 rings (SSSR count). The molecule has 7 heteroatoms. The van der Waals surface area contributed by atoms with Gasteiger partial charge in [-0.3, -0.25) is 4.90 Å². The number of hydrogen-bond donors (Lipinski definition) is 2. The maximum absolute atomic E-state index is 9.20. The van der Waals surface area contributed by atoms with Gasteiger partial charge in [0.15, 0.2) is 0 Å². The molecule has 0 amide bonds. The lowest BCUT2D eigenvalue weighted by molar-refractivity contribution is -0.364. The third kappa shape index (κ3) is 3.41. The van der Waals surface area contributed by atoms with Crippen molar-refractivity contribution in [3.05, 3.63) is 35.8 Å². The fourth-order valence-electron chi connectivity index (χ4n) is 2.28. The molecular formula is C14H19N6S+. The molecule has 1 aromatic heterocycles. The highest BCUT2D eigenvalue weighted by Gasteiger charge is 2.25. The number of nitrogens with one attached hydrogen (secondary N) is 2. The van der Waals surface area contributed by atoms with Crippen molar-refractivity contribution >= 4 is 23.0 Å². The highest BCUT2D eigenvalue weighted by molar-refractivity contribution is 7.80. The van der Waals surface area contributed by atoms with Crippen LogP contribution in [0.2, 0.25) is 0 Å². The summed E-state index contributed by atoms with van der Waals surface area (Å²) in [5, 5.41) is 12.0. The summed E-state index contributed by atoms with van der Waals surface area (Å²) in [5.41, 5.74) is 6.43. The molecule has 21 heavy (non-hydrogen) atoms. The highest BCUT2D eigenvalue weighted by Crippen LogP contribution is 2.13. The highest BCUT2D eigenvalue weighted by atomic mass is 32.1. The Balaban J connectivity index is 2.05. The number of anilines is 1. The van der Waals surface area contributed by atoms with Crippen molar-refractivity contribution in [3.8, 4) is 6.07 Å². The number of hydrogen-bond acceptors (Lipinski definition) is 5. The van der Waals surface area contributed by atoms with Crippen molar-refractivity contribution in [2.24, 2.45) is 5.73 Å². The van der Waals surface area contributed by atoms with E-state index >= 15 is 0 Å². The first-order chi connectivity index (χ1) is 10.2. The van der Waals surface area contributed by atoms with E-state index in [1.54, 1.807) is 7.05 Å². The molecule has 1 aliphatic rings. The van der Waals surface area contributed by atoms with Crippen LogP contribution in [0.4, 0.5) is 5.82 Å². The van der Waals surface area contributed by atoms with Crippen molar-refractivity contribution in [2.45, 2.75) is 0 Å². The summed E-state index contributed by atoms with van der Waals surface area (Å²) in [7, 11) is 1.69. The van der Waals surface area contributed by atoms with Gasteiger partial charge in [0.25, 0.3) is 5.82 Å². The fraction of sp³-hybridized carbons (Fsp3) is 0.357. The molecule has 2 heterocycles. The SMILES string of the molecule is CNC(=S)C(C#N)=C(N)N1CCN(c2cccc[nH+]2)CC1. The van der Waals surface area contributed by atoms with Crippen LogP contribution in [0.1, 0.15) is 0 Å². The molecular weight excluding hydrogens is 284 g/mol. The molecule has 0 saturated carbocycles. The van der Waals surface area contributed by atoms with Gasteiger partial charge in [-0.1, -0.05) is 18.3 Å². The summed E-state index contributed by atoms with van der Waals surface area (Å²) in [5.74, 6) is 1.54. The van der Waals surface area contributed by atoms with E-state index in [0.717, 1.165) is 32.0 Å². The van der Waals surface area contributed by atoms with Crippen LogP contribution in [0.5, 0.6) is 0 Å². The minimum absolute atomic E-state index is 0.340. The number of aromatic amines is 1. The number of rotatable bonds is 3. The molecule has 0 radical (unpaired) electrons. The van der Waals surface area contributed by atoms with Gasteiger partial charge in [-0.25, -0.2) is 4.98 Å². The molecule has 0 atom stereocenters. The fourth-order valence-corrected chi connectivity index (χ4v) is 2.43. The van der Waals surface area contributed by atoms with Crippen LogP contribution in [0.25, 0.3) is 0 Å².